The Morgan fingerprint density at radius 1 is 0.737 bits per heavy atom. The van der Waals surface area contributed by atoms with Gasteiger partial charge in [-0.25, -0.2) is 0 Å². The van der Waals surface area contributed by atoms with E-state index in [1.807, 2.05) is 0 Å². The van der Waals surface area contributed by atoms with E-state index in [0.717, 1.165) is 6.42 Å². The van der Waals surface area contributed by atoms with Crippen molar-refractivity contribution in [2.24, 2.45) is 0 Å². The fourth-order valence-corrected chi connectivity index (χ4v) is 1.96. The molecule has 0 N–H and O–H groups in total. The monoisotopic (exact) mass is 290 g/mol. The molecule has 96 valence electrons. The number of benzene rings is 2. The van der Waals surface area contributed by atoms with E-state index in [4.69, 9.17) is 4.79 Å². The highest BCUT2D eigenvalue weighted by atomic mass is 35.5. The van der Waals surface area contributed by atoms with Crippen LogP contribution in [0.1, 0.15) is 17.5 Å². The summed E-state index contributed by atoms with van der Waals surface area (Å²) in [7, 11) is 0. The van der Waals surface area contributed by atoms with E-state index >= 15 is 0 Å². The number of allylic oxidation sites excluding steroid dienone is 2. The molecular weight excluding hydrogens is 279 g/mol. The van der Waals surface area contributed by atoms with Crippen molar-refractivity contribution in [3.8, 4) is 0 Å². The molecule has 0 spiro atoms. The first kappa shape index (κ1) is 13.9. The Hall–Kier alpha value is -1.57. The van der Waals surface area contributed by atoms with E-state index in [0.29, 0.717) is 0 Å². The Kier molecular flexibility index (Phi) is 4.78. The highest BCUT2D eigenvalue weighted by molar-refractivity contribution is 6.93. The van der Waals surface area contributed by atoms with Gasteiger partial charge in [-0.1, -0.05) is 60.7 Å². The van der Waals surface area contributed by atoms with Gasteiger partial charge in [-0.2, -0.15) is 0 Å². The van der Waals surface area contributed by atoms with Crippen molar-refractivity contribution in [2.45, 2.75) is 6.42 Å². The molecule has 3 heteroatoms. The van der Waals surface area contributed by atoms with Crippen molar-refractivity contribution in [3.05, 3.63) is 71.8 Å². The van der Waals surface area contributed by atoms with Crippen LogP contribution in [-0.2, 0) is 0 Å². The van der Waals surface area contributed by atoms with Gasteiger partial charge in [-0.3, -0.25) is 4.79 Å². The van der Waals surface area contributed by atoms with E-state index in [1.165, 1.54) is 22.3 Å². The first-order valence-corrected chi connectivity index (χ1v) is 6.62. The van der Waals surface area contributed by atoms with Crippen molar-refractivity contribution < 1.29 is 4.79 Å². The molecular formula is C16H12Cl2O. The molecule has 0 aliphatic heterocycles. The molecule has 3 rings (SSSR count). The molecule has 0 heterocycles. The lowest BCUT2D eigenvalue weighted by Crippen LogP contribution is -1.70. The summed E-state index contributed by atoms with van der Waals surface area (Å²) in [6.07, 6.45) is 1.15. The van der Waals surface area contributed by atoms with E-state index in [-0.39, 0.29) is 0 Å². The number of carbonyl (C=O) groups is 1. The summed E-state index contributed by atoms with van der Waals surface area (Å²) in [5.74, 6) is 0. The third-order valence-corrected chi connectivity index (χ3v) is 2.84. The van der Waals surface area contributed by atoms with Crippen LogP contribution in [0, 0.1) is 0 Å². The van der Waals surface area contributed by atoms with Gasteiger partial charge in [0.05, 0.1) is 0 Å². The molecule has 0 saturated carbocycles. The molecule has 0 fully saturated rings. The van der Waals surface area contributed by atoms with Gasteiger partial charge in [0.15, 0.2) is 0 Å². The standard InChI is InChI=1S/C15H12.CCl2O/c1-3-7-12(8-4-1)14-11-15(14)13-9-5-2-6-10-13;2-1(3)4/h1-10H,11H2;. The zero-order valence-corrected chi connectivity index (χ0v) is 11.7. The molecule has 0 amide bonds. The van der Waals surface area contributed by atoms with Gasteiger partial charge in [0.25, 0.3) is 0 Å². The topological polar surface area (TPSA) is 17.1 Å². The number of halogens is 2. The molecule has 2 aromatic rings. The second-order valence-corrected chi connectivity index (χ2v) is 4.97. The number of carbonyl (C=O) groups excluding carboxylic acids is 1. The molecule has 1 aliphatic rings. The highest BCUT2D eigenvalue weighted by Crippen LogP contribution is 2.46. The molecule has 0 unspecified atom stereocenters. The van der Waals surface area contributed by atoms with Gasteiger partial charge in [-0.05, 0) is 51.9 Å². The summed E-state index contributed by atoms with van der Waals surface area (Å²) in [6, 6.07) is 21.3. The zero-order chi connectivity index (χ0) is 13.7. The first-order chi connectivity index (χ1) is 9.18. The number of hydrogen-bond donors (Lipinski definition) is 0. The zero-order valence-electron chi connectivity index (χ0n) is 10.1. The normalized spacial score (nSPS) is 12.5. The Morgan fingerprint density at radius 3 is 1.37 bits per heavy atom. The lowest BCUT2D eigenvalue weighted by atomic mass is 10.1. The summed E-state index contributed by atoms with van der Waals surface area (Å²) < 4.78 is -0.889. The van der Waals surface area contributed by atoms with E-state index in [9.17, 15) is 0 Å². The fraction of sp³-hybridized carbons (Fsp3) is 0.0625. The molecule has 0 radical (unpaired) electrons. The lowest BCUT2D eigenvalue weighted by molar-refractivity contribution is 0.275. The van der Waals surface area contributed by atoms with Crippen molar-refractivity contribution in [1.29, 1.82) is 0 Å². The van der Waals surface area contributed by atoms with Crippen LogP contribution in [-0.4, -0.2) is 4.70 Å². The predicted molar refractivity (Wildman–Crippen MR) is 81.4 cm³/mol. The van der Waals surface area contributed by atoms with Crippen LogP contribution >= 0.6 is 23.2 Å². The Balaban J connectivity index is 0.000000297. The molecule has 19 heavy (non-hydrogen) atoms. The van der Waals surface area contributed by atoms with Crippen LogP contribution < -0.4 is 0 Å². The van der Waals surface area contributed by atoms with E-state index in [1.54, 1.807) is 0 Å². The summed E-state index contributed by atoms with van der Waals surface area (Å²) in [6.45, 7) is 0. The second-order valence-electron chi connectivity index (χ2n) is 4.09. The van der Waals surface area contributed by atoms with Crippen LogP contribution in [0.4, 0.5) is 4.79 Å². The number of rotatable bonds is 2. The van der Waals surface area contributed by atoms with Crippen molar-refractivity contribution >= 4 is 39.0 Å². The Labute approximate surface area is 122 Å². The minimum atomic E-state index is -0.889. The molecule has 0 atom stereocenters. The van der Waals surface area contributed by atoms with Crippen LogP contribution in [0.25, 0.3) is 11.1 Å². The molecule has 1 nitrogen and oxygen atoms in total. The van der Waals surface area contributed by atoms with Crippen molar-refractivity contribution in [2.75, 3.05) is 0 Å². The van der Waals surface area contributed by atoms with Crippen molar-refractivity contribution in [3.63, 3.8) is 0 Å². The molecule has 0 bridgehead atoms. The molecule has 0 aromatic heterocycles. The summed E-state index contributed by atoms with van der Waals surface area (Å²) in [5.41, 5.74) is 5.75. The van der Waals surface area contributed by atoms with Crippen LogP contribution in [0.15, 0.2) is 60.7 Å². The van der Waals surface area contributed by atoms with Gasteiger partial charge >= 0.3 is 4.70 Å². The smallest absolute Gasteiger partial charge is 0.262 e. The van der Waals surface area contributed by atoms with Gasteiger partial charge < -0.3 is 0 Å². The van der Waals surface area contributed by atoms with Crippen LogP contribution in [0.3, 0.4) is 0 Å². The first-order valence-electron chi connectivity index (χ1n) is 5.86. The fourth-order valence-electron chi connectivity index (χ4n) is 1.96. The highest BCUT2D eigenvalue weighted by Gasteiger charge is 2.23. The maximum absolute atomic E-state index is 8.98. The third kappa shape index (κ3) is 4.23. The maximum atomic E-state index is 8.98. The molecule has 1 aliphatic carbocycles. The minimum absolute atomic E-state index is 0.889. The lowest BCUT2D eigenvalue weighted by Gasteiger charge is -1.92. The minimum Gasteiger partial charge on any atom is -0.262 e. The van der Waals surface area contributed by atoms with Crippen molar-refractivity contribution in [1.82, 2.24) is 0 Å². The molecule has 2 aromatic carbocycles. The van der Waals surface area contributed by atoms with Gasteiger partial charge in [-0.15, -0.1) is 0 Å². The molecule has 0 saturated heterocycles. The van der Waals surface area contributed by atoms with Gasteiger partial charge in [0.2, 0.25) is 0 Å². The predicted octanol–water partition coefficient (Wildman–Crippen LogP) is 5.59. The average Bonchev–Trinajstić information content (AvgIpc) is 3.20. The largest absolute Gasteiger partial charge is 0.313 e. The maximum Gasteiger partial charge on any atom is 0.313 e. The van der Waals surface area contributed by atoms with Crippen LogP contribution in [0.2, 0.25) is 0 Å². The number of hydrogen-bond acceptors (Lipinski definition) is 1. The van der Waals surface area contributed by atoms with E-state index < -0.39 is 4.70 Å². The van der Waals surface area contributed by atoms with Gasteiger partial charge in [0, 0.05) is 0 Å². The Morgan fingerprint density at radius 2 is 1.05 bits per heavy atom. The summed E-state index contributed by atoms with van der Waals surface area (Å²) in [5, 5.41) is 0. The second kappa shape index (κ2) is 6.55. The third-order valence-electron chi connectivity index (χ3n) is 2.84. The van der Waals surface area contributed by atoms with Crippen LogP contribution in [0.5, 0.6) is 0 Å². The SMILES string of the molecule is O=C(Cl)Cl.c1ccc(C2=C(c3ccccc3)C2)cc1. The Bertz CT molecular complexity index is 537. The quantitative estimate of drug-likeness (QED) is 0.659. The van der Waals surface area contributed by atoms with Gasteiger partial charge in [0.1, 0.15) is 0 Å². The summed E-state index contributed by atoms with van der Waals surface area (Å²) in [4.78, 5) is 8.98. The summed E-state index contributed by atoms with van der Waals surface area (Å²) >= 11 is 8.80. The van der Waals surface area contributed by atoms with E-state index in [2.05, 4.69) is 83.9 Å². The average molecular weight is 291 g/mol.